The summed E-state index contributed by atoms with van der Waals surface area (Å²) in [6.07, 6.45) is 0. The topological polar surface area (TPSA) is 33.0 Å². The monoisotopic (exact) mass is 319 g/mol. The molecule has 0 bridgehead atoms. The quantitative estimate of drug-likeness (QED) is 0.842. The van der Waals surface area contributed by atoms with Crippen molar-refractivity contribution in [1.29, 1.82) is 5.26 Å². The van der Waals surface area contributed by atoms with Gasteiger partial charge in [0, 0.05) is 4.47 Å². The Morgan fingerprint density at radius 1 is 1.26 bits per heavy atom. The number of rotatable bonds is 3. The molecule has 2 aromatic carbocycles. The van der Waals surface area contributed by atoms with Crippen molar-refractivity contribution in [2.45, 2.75) is 13.5 Å². The number of nitrogens with zero attached hydrogens (tertiary/aromatic N) is 1. The summed E-state index contributed by atoms with van der Waals surface area (Å²) in [6.45, 7) is 2.14. The second-order valence-corrected chi connectivity index (χ2v) is 5.03. The average Bonchev–Trinajstić information content (AvgIpc) is 2.39. The minimum absolute atomic E-state index is 0.261. The molecule has 2 rings (SSSR count). The summed E-state index contributed by atoms with van der Waals surface area (Å²) in [5.74, 6) is 0.261. The molecule has 19 heavy (non-hydrogen) atoms. The van der Waals surface area contributed by atoms with Crippen LogP contribution in [0.2, 0.25) is 0 Å². The number of nitriles is 1. The molecule has 0 aliphatic carbocycles. The third-order valence-electron chi connectivity index (χ3n) is 2.75. The van der Waals surface area contributed by atoms with Crippen LogP contribution >= 0.6 is 15.9 Å². The molecule has 0 aromatic heterocycles. The summed E-state index contributed by atoms with van der Waals surface area (Å²) in [6, 6.07) is 11.9. The first kappa shape index (κ1) is 13.6. The van der Waals surface area contributed by atoms with Gasteiger partial charge in [0.15, 0.2) is 0 Å². The number of aryl methyl sites for hydroxylation is 1. The second-order valence-electron chi connectivity index (χ2n) is 4.11. The predicted molar refractivity (Wildman–Crippen MR) is 74.3 cm³/mol. The Morgan fingerprint density at radius 3 is 2.74 bits per heavy atom. The van der Waals surface area contributed by atoms with Gasteiger partial charge in [-0.3, -0.25) is 0 Å². The molecule has 0 unspecified atom stereocenters. The van der Waals surface area contributed by atoms with Gasteiger partial charge in [-0.25, -0.2) is 4.39 Å². The first-order valence-corrected chi connectivity index (χ1v) is 6.47. The van der Waals surface area contributed by atoms with Crippen LogP contribution in [0.25, 0.3) is 0 Å². The summed E-state index contributed by atoms with van der Waals surface area (Å²) in [4.78, 5) is 0. The zero-order valence-corrected chi connectivity index (χ0v) is 11.9. The van der Waals surface area contributed by atoms with E-state index in [9.17, 15) is 4.39 Å². The summed E-state index contributed by atoms with van der Waals surface area (Å²) in [5.41, 5.74) is 2.19. The number of ether oxygens (including phenoxy) is 1. The van der Waals surface area contributed by atoms with E-state index in [0.717, 1.165) is 15.6 Å². The van der Waals surface area contributed by atoms with E-state index in [1.807, 2.05) is 13.0 Å². The van der Waals surface area contributed by atoms with Crippen LogP contribution in [-0.2, 0) is 6.61 Å². The van der Waals surface area contributed by atoms with Gasteiger partial charge >= 0.3 is 0 Å². The number of halogens is 2. The molecule has 0 saturated carbocycles. The summed E-state index contributed by atoms with van der Waals surface area (Å²) < 4.78 is 19.4. The molecule has 0 aliphatic heterocycles. The predicted octanol–water partition coefficient (Wildman–Crippen LogP) is 4.35. The highest BCUT2D eigenvalue weighted by molar-refractivity contribution is 9.10. The first-order chi connectivity index (χ1) is 9.10. The summed E-state index contributed by atoms with van der Waals surface area (Å²) in [7, 11) is 0. The summed E-state index contributed by atoms with van der Waals surface area (Å²) in [5, 5.41) is 9.03. The minimum atomic E-state index is -0.261. The SMILES string of the molecule is Cc1cc(F)ccc1COc1ccc(Br)cc1C#N. The van der Waals surface area contributed by atoms with E-state index in [1.165, 1.54) is 12.1 Å². The fraction of sp³-hybridized carbons (Fsp3) is 0.133. The molecule has 0 spiro atoms. The van der Waals surface area contributed by atoms with Gasteiger partial charge in [0.05, 0.1) is 5.56 Å². The molecular weight excluding hydrogens is 309 g/mol. The largest absolute Gasteiger partial charge is 0.488 e. The molecule has 0 aliphatic rings. The van der Waals surface area contributed by atoms with Crippen LogP contribution in [0.3, 0.4) is 0 Å². The third-order valence-corrected chi connectivity index (χ3v) is 3.24. The van der Waals surface area contributed by atoms with Crippen molar-refractivity contribution >= 4 is 15.9 Å². The Labute approximate surface area is 119 Å². The van der Waals surface area contributed by atoms with Gasteiger partial charge in [0.1, 0.15) is 24.2 Å². The van der Waals surface area contributed by atoms with Gasteiger partial charge in [-0.05, 0) is 48.4 Å². The number of hydrogen-bond donors (Lipinski definition) is 0. The number of benzene rings is 2. The highest BCUT2D eigenvalue weighted by atomic mass is 79.9. The number of hydrogen-bond acceptors (Lipinski definition) is 2. The van der Waals surface area contributed by atoms with Crippen molar-refractivity contribution in [2.24, 2.45) is 0 Å². The normalized spacial score (nSPS) is 10.0. The summed E-state index contributed by atoms with van der Waals surface area (Å²) >= 11 is 3.30. The molecule has 0 atom stereocenters. The van der Waals surface area contributed by atoms with E-state index in [4.69, 9.17) is 10.00 Å². The van der Waals surface area contributed by atoms with E-state index >= 15 is 0 Å². The lowest BCUT2D eigenvalue weighted by Crippen LogP contribution is -1.99. The van der Waals surface area contributed by atoms with Crippen molar-refractivity contribution in [1.82, 2.24) is 0 Å². The maximum atomic E-state index is 13.0. The Bertz CT molecular complexity index is 649. The first-order valence-electron chi connectivity index (χ1n) is 5.67. The Kier molecular flexibility index (Phi) is 4.18. The Balaban J connectivity index is 2.17. The zero-order valence-electron chi connectivity index (χ0n) is 10.3. The van der Waals surface area contributed by atoms with Crippen LogP contribution < -0.4 is 4.74 Å². The van der Waals surface area contributed by atoms with Crippen molar-refractivity contribution in [2.75, 3.05) is 0 Å². The van der Waals surface area contributed by atoms with Crippen LogP contribution in [0.4, 0.5) is 4.39 Å². The van der Waals surface area contributed by atoms with Crippen molar-refractivity contribution < 1.29 is 9.13 Å². The van der Waals surface area contributed by atoms with E-state index < -0.39 is 0 Å². The highest BCUT2D eigenvalue weighted by Crippen LogP contribution is 2.23. The van der Waals surface area contributed by atoms with Gasteiger partial charge < -0.3 is 4.74 Å². The fourth-order valence-electron chi connectivity index (χ4n) is 1.69. The molecule has 0 heterocycles. The van der Waals surface area contributed by atoms with Gasteiger partial charge in [-0.1, -0.05) is 22.0 Å². The lowest BCUT2D eigenvalue weighted by Gasteiger charge is -2.10. The zero-order chi connectivity index (χ0) is 13.8. The van der Waals surface area contributed by atoms with Gasteiger partial charge in [-0.15, -0.1) is 0 Å². The maximum Gasteiger partial charge on any atom is 0.137 e. The van der Waals surface area contributed by atoms with Crippen LogP contribution in [0.1, 0.15) is 16.7 Å². The van der Waals surface area contributed by atoms with Crippen LogP contribution in [0.5, 0.6) is 5.75 Å². The van der Waals surface area contributed by atoms with Gasteiger partial charge in [0.2, 0.25) is 0 Å². The molecule has 2 aromatic rings. The maximum absolute atomic E-state index is 13.0. The van der Waals surface area contributed by atoms with Crippen LogP contribution in [0.15, 0.2) is 40.9 Å². The highest BCUT2D eigenvalue weighted by Gasteiger charge is 2.06. The van der Waals surface area contributed by atoms with E-state index in [2.05, 4.69) is 22.0 Å². The van der Waals surface area contributed by atoms with Gasteiger partial charge in [0.25, 0.3) is 0 Å². The molecular formula is C15H11BrFNO. The molecule has 0 fully saturated rings. The smallest absolute Gasteiger partial charge is 0.137 e. The molecule has 0 saturated heterocycles. The molecule has 0 radical (unpaired) electrons. The standard InChI is InChI=1S/C15H11BrFNO/c1-10-6-14(17)4-2-11(10)9-19-15-5-3-13(16)7-12(15)8-18/h2-7H,9H2,1H3. The Morgan fingerprint density at radius 2 is 2.05 bits per heavy atom. The Hall–Kier alpha value is -1.86. The van der Waals surface area contributed by atoms with E-state index in [-0.39, 0.29) is 5.82 Å². The van der Waals surface area contributed by atoms with E-state index in [1.54, 1.807) is 18.2 Å². The van der Waals surface area contributed by atoms with E-state index in [0.29, 0.717) is 17.9 Å². The second kappa shape index (κ2) is 5.85. The molecule has 4 heteroatoms. The van der Waals surface area contributed by atoms with Crippen molar-refractivity contribution in [3.63, 3.8) is 0 Å². The average molecular weight is 320 g/mol. The molecule has 0 amide bonds. The van der Waals surface area contributed by atoms with Crippen LogP contribution in [-0.4, -0.2) is 0 Å². The molecule has 2 nitrogen and oxygen atoms in total. The third kappa shape index (κ3) is 3.33. The molecule has 0 N–H and O–H groups in total. The minimum Gasteiger partial charge on any atom is -0.488 e. The van der Waals surface area contributed by atoms with Gasteiger partial charge in [-0.2, -0.15) is 5.26 Å². The molecule has 96 valence electrons. The lowest BCUT2D eigenvalue weighted by atomic mass is 10.1. The van der Waals surface area contributed by atoms with Crippen LogP contribution in [0, 0.1) is 24.1 Å². The van der Waals surface area contributed by atoms with Crippen molar-refractivity contribution in [3.05, 3.63) is 63.4 Å². The van der Waals surface area contributed by atoms with Crippen molar-refractivity contribution in [3.8, 4) is 11.8 Å². The fourth-order valence-corrected chi connectivity index (χ4v) is 2.05. The lowest BCUT2D eigenvalue weighted by molar-refractivity contribution is 0.304.